The maximum Gasteiger partial charge on any atom is 0.410 e. The number of nitrogens with zero attached hydrogens (tertiary/aromatic N) is 2. The predicted molar refractivity (Wildman–Crippen MR) is 95.8 cm³/mol. The van der Waals surface area contributed by atoms with Crippen molar-refractivity contribution >= 4 is 12.0 Å². The molecule has 1 aliphatic rings. The van der Waals surface area contributed by atoms with E-state index < -0.39 is 5.56 Å². The highest BCUT2D eigenvalue weighted by Crippen LogP contribution is 2.09. The smallest absolute Gasteiger partial charge is 0.410 e. The number of carbonyl (C=O) groups excluding carboxylic acids is 2. The van der Waals surface area contributed by atoms with Gasteiger partial charge < -0.3 is 19.5 Å². The number of aromatic nitrogens is 1. The second kappa shape index (κ2) is 8.33. The third kappa shape index (κ3) is 4.30. The van der Waals surface area contributed by atoms with Crippen molar-refractivity contribution in [2.75, 3.05) is 26.2 Å². The maximum absolute atomic E-state index is 12.5. The van der Waals surface area contributed by atoms with Gasteiger partial charge in [0.25, 0.3) is 11.5 Å². The minimum Gasteiger partial charge on any atom is -0.445 e. The molecule has 0 unspecified atom stereocenters. The van der Waals surface area contributed by atoms with Crippen molar-refractivity contribution in [2.24, 2.45) is 0 Å². The molecule has 1 aromatic carbocycles. The Morgan fingerprint density at radius 3 is 2.46 bits per heavy atom. The third-order valence-corrected chi connectivity index (χ3v) is 4.30. The van der Waals surface area contributed by atoms with E-state index in [1.807, 2.05) is 30.3 Å². The second-order valence-corrected chi connectivity index (χ2v) is 6.09. The Morgan fingerprint density at radius 2 is 1.69 bits per heavy atom. The summed E-state index contributed by atoms with van der Waals surface area (Å²) in [4.78, 5) is 42.3. The predicted octanol–water partition coefficient (Wildman–Crippen LogP) is 1.86. The number of H-pyrrole nitrogens is 1. The highest BCUT2D eigenvalue weighted by atomic mass is 16.6. The summed E-state index contributed by atoms with van der Waals surface area (Å²) in [5.74, 6) is -0.314. The fraction of sp³-hybridized carbons (Fsp3) is 0.316. The van der Waals surface area contributed by atoms with Crippen LogP contribution in [0.25, 0.3) is 0 Å². The van der Waals surface area contributed by atoms with E-state index in [1.165, 1.54) is 12.3 Å². The molecule has 1 N–H and O–H groups in total. The first kappa shape index (κ1) is 17.7. The lowest BCUT2D eigenvalue weighted by Crippen LogP contribution is -2.39. The van der Waals surface area contributed by atoms with Crippen LogP contribution in [0.1, 0.15) is 22.3 Å². The van der Waals surface area contributed by atoms with Gasteiger partial charge in [0.2, 0.25) is 0 Å². The number of pyridine rings is 1. The van der Waals surface area contributed by atoms with E-state index in [9.17, 15) is 14.4 Å². The van der Waals surface area contributed by atoms with E-state index in [2.05, 4.69) is 4.98 Å². The number of nitrogens with one attached hydrogen (secondary N) is 1. The number of hydrogen-bond acceptors (Lipinski definition) is 4. The lowest BCUT2D eigenvalue weighted by molar-refractivity contribution is 0.0747. The number of aromatic amines is 1. The molecule has 136 valence electrons. The molecule has 2 heterocycles. The van der Waals surface area contributed by atoms with Crippen LogP contribution in [0.2, 0.25) is 0 Å². The summed E-state index contributed by atoms with van der Waals surface area (Å²) in [5.41, 5.74) is 0.643. The van der Waals surface area contributed by atoms with Crippen LogP contribution >= 0.6 is 0 Å². The Kier molecular flexibility index (Phi) is 5.68. The van der Waals surface area contributed by atoms with E-state index in [-0.39, 0.29) is 24.2 Å². The molecule has 1 aromatic heterocycles. The summed E-state index contributed by atoms with van der Waals surface area (Å²) in [6, 6.07) is 12.6. The van der Waals surface area contributed by atoms with Crippen LogP contribution < -0.4 is 5.56 Å². The molecule has 7 nitrogen and oxygen atoms in total. The lowest BCUT2D eigenvalue weighted by atomic mass is 10.2. The van der Waals surface area contributed by atoms with Crippen LogP contribution in [-0.4, -0.2) is 53.0 Å². The number of ether oxygens (including phenoxy) is 1. The molecular weight excluding hydrogens is 334 g/mol. The standard InChI is InChI=1S/C19H21N3O4/c23-17-16(8-4-9-20-17)18(24)21-10-5-11-22(13-12-21)19(25)26-14-15-6-2-1-3-7-15/h1-4,6-9H,5,10-14H2,(H,20,23). The fourth-order valence-electron chi connectivity index (χ4n) is 2.87. The molecule has 26 heavy (non-hydrogen) atoms. The Bertz CT molecular complexity index is 819. The normalized spacial score (nSPS) is 14.6. The van der Waals surface area contributed by atoms with Gasteiger partial charge in [-0.1, -0.05) is 30.3 Å². The molecule has 0 atom stereocenters. The van der Waals surface area contributed by atoms with Gasteiger partial charge in [0, 0.05) is 32.4 Å². The van der Waals surface area contributed by atoms with E-state index >= 15 is 0 Å². The zero-order chi connectivity index (χ0) is 18.4. The van der Waals surface area contributed by atoms with Crippen LogP contribution in [0.4, 0.5) is 4.79 Å². The van der Waals surface area contributed by atoms with Gasteiger partial charge in [0.1, 0.15) is 12.2 Å². The largest absolute Gasteiger partial charge is 0.445 e. The van der Waals surface area contributed by atoms with Crippen LogP contribution in [0.3, 0.4) is 0 Å². The van der Waals surface area contributed by atoms with Gasteiger partial charge in [-0.25, -0.2) is 4.79 Å². The SMILES string of the molecule is O=C(OCc1ccccc1)N1CCCN(C(=O)c2ccc[nH]c2=O)CC1. The van der Waals surface area contributed by atoms with Gasteiger partial charge in [-0.2, -0.15) is 0 Å². The van der Waals surface area contributed by atoms with Gasteiger partial charge in [-0.3, -0.25) is 9.59 Å². The van der Waals surface area contributed by atoms with Crippen molar-refractivity contribution in [3.8, 4) is 0 Å². The molecule has 1 fully saturated rings. The Morgan fingerprint density at radius 1 is 0.962 bits per heavy atom. The highest BCUT2D eigenvalue weighted by molar-refractivity contribution is 5.93. The summed E-state index contributed by atoms with van der Waals surface area (Å²) >= 11 is 0. The zero-order valence-corrected chi connectivity index (χ0v) is 14.4. The first-order valence-corrected chi connectivity index (χ1v) is 8.58. The molecule has 2 aromatic rings. The molecule has 0 saturated carbocycles. The van der Waals surface area contributed by atoms with E-state index in [1.54, 1.807) is 15.9 Å². The van der Waals surface area contributed by atoms with Crippen LogP contribution in [0.5, 0.6) is 0 Å². The summed E-state index contributed by atoms with van der Waals surface area (Å²) in [6.45, 7) is 1.98. The molecule has 0 spiro atoms. The van der Waals surface area contributed by atoms with Gasteiger partial charge >= 0.3 is 6.09 Å². The number of amides is 2. The average Bonchev–Trinajstić information content (AvgIpc) is 2.93. The zero-order valence-electron chi connectivity index (χ0n) is 14.4. The summed E-state index contributed by atoms with van der Waals surface area (Å²) in [6.07, 6.45) is 1.74. The molecule has 1 saturated heterocycles. The molecule has 0 bridgehead atoms. The van der Waals surface area contributed by atoms with Crippen LogP contribution in [0, 0.1) is 0 Å². The number of carbonyl (C=O) groups is 2. The van der Waals surface area contributed by atoms with E-state index in [0.717, 1.165) is 5.56 Å². The van der Waals surface area contributed by atoms with Gasteiger partial charge in [0.15, 0.2) is 0 Å². The number of benzene rings is 1. The van der Waals surface area contributed by atoms with E-state index in [0.29, 0.717) is 32.6 Å². The van der Waals surface area contributed by atoms with Gasteiger partial charge in [-0.05, 0) is 24.1 Å². The van der Waals surface area contributed by atoms with Gasteiger partial charge in [0.05, 0.1) is 0 Å². The monoisotopic (exact) mass is 355 g/mol. The van der Waals surface area contributed by atoms with E-state index in [4.69, 9.17) is 4.74 Å². The van der Waals surface area contributed by atoms with Crippen LogP contribution in [-0.2, 0) is 11.3 Å². The molecule has 3 rings (SSSR count). The van der Waals surface area contributed by atoms with Crippen LogP contribution in [0.15, 0.2) is 53.5 Å². The molecule has 1 aliphatic heterocycles. The summed E-state index contributed by atoms with van der Waals surface area (Å²) in [7, 11) is 0. The number of rotatable bonds is 3. The molecule has 0 radical (unpaired) electrons. The maximum atomic E-state index is 12.5. The lowest BCUT2D eigenvalue weighted by Gasteiger charge is -2.21. The van der Waals surface area contributed by atoms with Crippen molar-refractivity contribution in [3.05, 3.63) is 70.1 Å². The number of hydrogen-bond donors (Lipinski definition) is 1. The molecule has 2 amide bonds. The Hall–Kier alpha value is -3.09. The quantitative estimate of drug-likeness (QED) is 0.911. The third-order valence-electron chi connectivity index (χ3n) is 4.30. The van der Waals surface area contributed by atoms with Crippen molar-refractivity contribution in [1.82, 2.24) is 14.8 Å². The Labute approximate surface area is 151 Å². The minimum atomic E-state index is -0.402. The minimum absolute atomic E-state index is 0.118. The average molecular weight is 355 g/mol. The van der Waals surface area contributed by atoms with Gasteiger partial charge in [-0.15, -0.1) is 0 Å². The second-order valence-electron chi connectivity index (χ2n) is 6.09. The molecule has 0 aliphatic carbocycles. The van der Waals surface area contributed by atoms with Crippen molar-refractivity contribution in [1.29, 1.82) is 0 Å². The Balaban J connectivity index is 1.56. The fourth-order valence-corrected chi connectivity index (χ4v) is 2.87. The summed E-state index contributed by atoms with van der Waals surface area (Å²) in [5, 5.41) is 0. The van der Waals surface area contributed by atoms with Crippen molar-refractivity contribution in [2.45, 2.75) is 13.0 Å². The first-order valence-electron chi connectivity index (χ1n) is 8.58. The summed E-state index contributed by atoms with van der Waals surface area (Å²) < 4.78 is 5.35. The highest BCUT2D eigenvalue weighted by Gasteiger charge is 2.24. The molecule has 7 heteroatoms. The van der Waals surface area contributed by atoms with Crippen molar-refractivity contribution < 1.29 is 14.3 Å². The first-order chi connectivity index (χ1) is 12.6. The topological polar surface area (TPSA) is 82.7 Å². The van der Waals surface area contributed by atoms with Crippen molar-refractivity contribution in [3.63, 3.8) is 0 Å². The molecular formula is C19H21N3O4.